The first kappa shape index (κ1) is 24.4. The van der Waals surface area contributed by atoms with E-state index in [-0.39, 0.29) is 20.6 Å². The van der Waals surface area contributed by atoms with Crippen molar-refractivity contribution in [3.63, 3.8) is 0 Å². The van der Waals surface area contributed by atoms with E-state index in [1.54, 1.807) is 13.0 Å². The van der Waals surface area contributed by atoms with Crippen LogP contribution in [0.4, 0.5) is 13.2 Å². The SMILES string of the molecule is COC(=O)c1ccc(C(C)n2nc(-c3cc(Cl)cc(Cl)c3)cc2OS(=O)(=O)C(F)(F)F)s1. The zero-order valence-electron chi connectivity index (χ0n) is 16.2. The summed E-state index contributed by atoms with van der Waals surface area (Å²) in [5.41, 5.74) is -5.26. The predicted molar refractivity (Wildman–Crippen MR) is 113 cm³/mol. The Kier molecular flexibility index (Phi) is 6.80. The zero-order valence-corrected chi connectivity index (χ0v) is 19.3. The fourth-order valence-corrected chi connectivity index (χ4v) is 4.56. The van der Waals surface area contributed by atoms with E-state index in [1.807, 2.05) is 0 Å². The Bertz CT molecular complexity index is 1250. The third kappa shape index (κ3) is 5.03. The van der Waals surface area contributed by atoms with Crippen LogP contribution in [0.15, 0.2) is 36.4 Å². The second kappa shape index (κ2) is 8.93. The first-order valence-electron chi connectivity index (χ1n) is 8.57. The molecule has 0 spiro atoms. The topological polar surface area (TPSA) is 87.5 Å². The van der Waals surface area contributed by atoms with E-state index in [0.717, 1.165) is 22.1 Å². The van der Waals surface area contributed by atoms with Gasteiger partial charge in [-0.3, -0.25) is 0 Å². The molecule has 0 amide bonds. The minimum absolute atomic E-state index is 0.0679. The molecule has 0 fully saturated rings. The summed E-state index contributed by atoms with van der Waals surface area (Å²) in [6.45, 7) is 1.54. The van der Waals surface area contributed by atoms with Crippen LogP contribution in [0.3, 0.4) is 0 Å². The second-order valence-corrected chi connectivity index (χ2v) is 9.85. The van der Waals surface area contributed by atoms with E-state index in [1.165, 1.54) is 31.4 Å². The molecule has 7 nitrogen and oxygen atoms in total. The van der Waals surface area contributed by atoms with Crippen LogP contribution in [0.1, 0.15) is 27.5 Å². The van der Waals surface area contributed by atoms with Crippen molar-refractivity contribution in [1.29, 1.82) is 0 Å². The highest BCUT2D eigenvalue weighted by Gasteiger charge is 2.49. The Labute approximate surface area is 194 Å². The van der Waals surface area contributed by atoms with Gasteiger partial charge in [0.25, 0.3) is 0 Å². The van der Waals surface area contributed by atoms with E-state index < -0.39 is 33.5 Å². The number of alkyl halides is 3. The van der Waals surface area contributed by atoms with Gasteiger partial charge in [0.05, 0.1) is 18.8 Å². The van der Waals surface area contributed by atoms with Crippen LogP contribution < -0.4 is 4.18 Å². The lowest BCUT2D eigenvalue weighted by atomic mass is 10.1. The summed E-state index contributed by atoms with van der Waals surface area (Å²) >= 11 is 13.0. The van der Waals surface area contributed by atoms with E-state index >= 15 is 0 Å². The Morgan fingerprint density at radius 2 is 1.78 bits per heavy atom. The van der Waals surface area contributed by atoms with Crippen LogP contribution in [-0.2, 0) is 14.9 Å². The monoisotopic (exact) mass is 528 g/mol. The van der Waals surface area contributed by atoms with Crippen molar-refractivity contribution in [3.05, 3.63) is 56.2 Å². The number of methoxy groups -OCH3 is 1. The number of carbonyl (C=O) groups is 1. The Morgan fingerprint density at radius 3 is 2.34 bits per heavy atom. The number of thiophene rings is 1. The summed E-state index contributed by atoms with van der Waals surface area (Å²) in [5, 5.41) is 4.69. The molecule has 2 aromatic heterocycles. The molecule has 0 bridgehead atoms. The summed E-state index contributed by atoms with van der Waals surface area (Å²) in [7, 11) is -4.77. The molecule has 1 unspecified atom stereocenters. The van der Waals surface area contributed by atoms with E-state index in [9.17, 15) is 26.4 Å². The average Bonchev–Trinajstić information content (AvgIpc) is 3.32. The van der Waals surface area contributed by atoms with Crippen molar-refractivity contribution in [2.75, 3.05) is 7.11 Å². The predicted octanol–water partition coefficient (Wildman–Crippen LogP) is 5.54. The third-order valence-corrected chi connectivity index (χ3v) is 6.76. The summed E-state index contributed by atoms with van der Waals surface area (Å²) in [5.74, 6) is -1.28. The minimum atomic E-state index is -5.97. The van der Waals surface area contributed by atoms with Gasteiger partial charge in [0.1, 0.15) is 4.88 Å². The maximum Gasteiger partial charge on any atom is 0.534 e. The molecule has 32 heavy (non-hydrogen) atoms. The Morgan fingerprint density at radius 1 is 1.16 bits per heavy atom. The van der Waals surface area contributed by atoms with Gasteiger partial charge in [0, 0.05) is 26.6 Å². The number of aromatic nitrogens is 2. The standard InChI is InChI=1S/C18H13Cl2F3N2O5S2/c1-9(14-3-4-15(31-14)17(26)29-2)25-16(30-32(27,28)18(21,22)23)8-13(24-25)10-5-11(19)7-12(20)6-10/h3-9H,1-2H3. The number of benzene rings is 1. The first-order valence-corrected chi connectivity index (χ1v) is 11.6. The number of rotatable bonds is 6. The largest absolute Gasteiger partial charge is 0.534 e. The molecule has 14 heteroatoms. The number of hydrogen-bond acceptors (Lipinski definition) is 7. The van der Waals surface area contributed by atoms with E-state index in [0.29, 0.717) is 10.4 Å². The molecule has 1 atom stereocenters. The molecule has 0 aliphatic heterocycles. The molecular weight excluding hydrogens is 516 g/mol. The number of ether oxygens (including phenoxy) is 1. The highest BCUT2D eigenvalue weighted by molar-refractivity contribution is 7.87. The number of nitrogens with zero attached hydrogens (tertiary/aromatic N) is 2. The molecule has 3 rings (SSSR count). The number of halogens is 5. The van der Waals surface area contributed by atoms with Crippen LogP contribution in [0.5, 0.6) is 5.88 Å². The van der Waals surface area contributed by atoms with Gasteiger partial charge in [-0.25, -0.2) is 9.48 Å². The lowest BCUT2D eigenvalue weighted by molar-refractivity contribution is -0.0502. The summed E-state index contributed by atoms with van der Waals surface area (Å²) < 4.78 is 72.0. The maximum absolute atomic E-state index is 12.9. The highest BCUT2D eigenvalue weighted by Crippen LogP contribution is 2.36. The summed E-state index contributed by atoms with van der Waals surface area (Å²) in [6.07, 6.45) is 0. The van der Waals surface area contributed by atoms with Gasteiger partial charge in [0.15, 0.2) is 0 Å². The Balaban J connectivity index is 2.11. The molecule has 172 valence electrons. The first-order chi connectivity index (χ1) is 14.8. The normalized spacial score (nSPS) is 13.1. The number of esters is 1. The highest BCUT2D eigenvalue weighted by atomic mass is 35.5. The number of hydrogen-bond donors (Lipinski definition) is 0. The molecule has 0 radical (unpaired) electrons. The van der Waals surface area contributed by atoms with Crippen molar-refractivity contribution in [1.82, 2.24) is 9.78 Å². The van der Waals surface area contributed by atoms with Gasteiger partial charge in [-0.05, 0) is 37.3 Å². The van der Waals surface area contributed by atoms with Crippen molar-refractivity contribution in [2.24, 2.45) is 0 Å². The summed E-state index contributed by atoms with van der Waals surface area (Å²) in [4.78, 5) is 12.4. The van der Waals surface area contributed by atoms with Crippen LogP contribution in [0.2, 0.25) is 10.0 Å². The van der Waals surface area contributed by atoms with Gasteiger partial charge < -0.3 is 8.92 Å². The van der Waals surface area contributed by atoms with Gasteiger partial charge in [0.2, 0.25) is 5.88 Å². The van der Waals surface area contributed by atoms with Crippen molar-refractivity contribution in [2.45, 2.75) is 18.5 Å². The summed E-state index contributed by atoms with van der Waals surface area (Å²) in [6, 6.07) is 7.58. The van der Waals surface area contributed by atoms with Crippen LogP contribution in [0, 0.1) is 0 Å². The van der Waals surface area contributed by atoms with Crippen molar-refractivity contribution >= 4 is 50.6 Å². The molecule has 0 saturated carbocycles. The zero-order chi connectivity index (χ0) is 23.8. The molecule has 3 aromatic rings. The van der Waals surface area contributed by atoms with Crippen molar-refractivity contribution in [3.8, 4) is 17.1 Å². The van der Waals surface area contributed by atoms with Gasteiger partial charge in [-0.2, -0.15) is 26.7 Å². The van der Waals surface area contributed by atoms with Crippen molar-refractivity contribution < 1.29 is 35.3 Å². The second-order valence-electron chi connectivity index (χ2n) is 6.32. The fraction of sp³-hybridized carbons (Fsp3) is 0.222. The van der Waals surface area contributed by atoms with Gasteiger partial charge in [-0.15, -0.1) is 11.3 Å². The van der Waals surface area contributed by atoms with Crippen LogP contribution >= 0.6 is 34.5 Å². The minimum Gasteiger partial charge on any atom is -0.465 e. The smallest absolute Gasteiger partial charge is 0.465 e. The third-order valence-electron chi connectivity index (χ3n) is 4.13. The molecule has 1 aromatic carbocycles. The molecule has 2 heterocycles. The molecule has 0 aliphatic rings. The average molecular weight is 529 g/mol. The van der Waals surface area contributed by atoms with Crippen LogP contribution in [0.25, 0.3) is 11.3 Å². The van der Waals surface area contributed by atoms with E-state index in [2.05, 4.69) is 14.0 Å². The quantitative estimate of drug-likeness (QED) is 0.237. The Hall–Kier alpha value is -2.28. The molecule has 0 N–H and O–H groups in total. The van der Waals surface area contributed by atoms with E-state index in [4.69, 9.17) is 23.2 Å². The van der Waals surface area contributed by atoms with Gasteiger partial charge in [-0.1, -0.05) is 23.2 Å². The lowest BCUT2D eigenvalue weighted by Gasteiger charge is -2.15. The van der Waals surface area contributed by atoms with Crippen LogP contribution in [-0.4, -0.2) is 36.8 Å². The van der Waals surface area contributed by atoms with Gasteiger partial charge >= 0.3 is 21.6 Å². The molecule has 0 saturated heterocycles. The molecule has 0 aliphatic carbocycles. The molecular formula is C18H13Cl2F3N2O5S2. The fourth-order valence-electron chi connectivity index (χ4n) is 2.63. The maximum atomic E-state index is 12.9. The number of carbonyl (C=O) groups excluding carboxylic acids is 1. The lowest BCUT2D eigenvalue weighted by Crippen LogP contribution is -2.29.